The van der Waals surface area contributed by atoms with Crippen LogP contribution >= 0.6 is 0 Å². The van der Waals surface area contributed by atoms with Crippen molar-refractivity contribution in [3.63, 3.8) is 0 Å². The minimum Gasteiger partial charge on any atom is -0.348 e. The van der Waals surface area contributed by atoms with Gasteiger partial charge >= 0.3 is 0 Å². The zero-order chi connectivity index (χ0) is 14.7. The van der Waals surface area contributed by atoms with Crippen LogP contribution in [0, 0.1) is 0 Å². The summed E-state index contributed by atoms with van der Waals surface area (Å²) in [6, 6.07) is 10.4. The molecular weight excluding hydrogens is 260 g/mol. The molecule has 1 N–H and O–H groups in total. The van der Waals surface area contributed by atoms with Crippen LogP contribution in [0.2, 0.25) is 0 Å². The Kier molecular flexibility index (Phi) is 4.09. The number of hydrogen-bond donors (Lipinski definition) is 1. The number of carbonyl (C=O) groups excluding carboxylic acids is 1. The van der Waals surface area contributed by atoms with Crippen LogP contribution in [0.4, 0.5) is 0 Å². The Balaban J connectivity index is 1.89. The normalized spacial score (nSPS) is 16.0. The average Bonchev–Trinajstić information content (AvgIpc) is 2.88. The number of hydrogen-bond acceptors (Lipinski definition) is 1. The number of nitrogens with one attached hydrogen (secondary N) is 1. The van der Waals surface area contributed by atoms with E-state index in [0.717, 1.165) is 29.4 Å². The van der Waals surface area contributed by atoms with E-state index >= 15 is 0 Å². The van der Waals surface area contributed by atoms with Gasteiger partial charge in [0, 0.05) is 23.5 Å². The molecule has 3 heteroatoms. The highest BCUT2D eigenvalue weighted by molar-refractivity contribution is 5.98. The van der Waals surface area contributed by atoms with Crippen molar-refractivity contribution in [2.75, 3.05) is 0 Å². The molecule has 0 atom stereocenters. The Bertz CT molecular complexity index is 650. The molecule has 1 fully saturated rings. The predicted octanol–water partition coefficient (Wildman–Crippen LogP) is 3.89. The van der Waals surface area contributed by atoms with Gasteiger partial charge in [-0.3, -0.25) is 4.79 Å². The highest BCUT2D eigenvalue weighted by Gasteiger charge is 2.19. The molecule has 1 aliphatic rings. The third-order valence-corrected chi connectivity index (χ3v) is 4.30. The van der Waals surface area contributed by atoms with Gasteiger partial charge in [0.15, 0.2) is 0 Å². The van der Waals surface area contributed by atoms with Crippen LogP contribution in [0.1, 0.15) is 42.6 Å². The molecule has 1 saturated carbocycles. The molecule has 0 aliphatic heterocycles. The van der Waals surface area contributed by atoms with Crippen LogP contribution in [0.5, 0.6) is 0 Å². The first kappa shape index (κ1) is 13.9. The fourth-order valence-corrected chi connectivity index (χ4v) is 3.23. The standard InChI is InChI=1S/C18H22N2O/c1-2-12-20-16-11-7-6-8-14(16)13-17(20)18(21)19-15-9-4-3-5-10-15/h2,6-8,11,13,15H,1,3-5,9-10,12H2,(H,19,21). The number of amides is 1. The van der Waals surface area contributed by atoms with Gasteiger partial charge in [0.05, 0.1) is 0 Å². The molecular formula is C18H22N2O. The van der Waals surface area contributed by atoms with Crippen LogP contribution in [0.15, 0.2) is 43.0 Å². The van der Waals surface area contributed by atoms with E-state index < -0.39 is 0 Å². The second-order valence-corrected chi connectivity index (χ2v) is 5.80. The van der Waals surface area contributed by atoms with Crippen LogP contribution < -0.4 is 5.32 Å². The van der Waals surface area contributed by atoms with Crippen molar-refractivity contribution >= 4 is 16.8 Å². The Labute approximate surface area is 125 Å². The van der Waals surface area contributed by atoms with Gasteiger partial charge in [-0.25, -0.2) is 0 Å². The van der Waals surface area contributed by atoms with Crippen LogP contribution in [0.25, 0.3) is 10.9 Å². The largest absolute Gasteiger partial charge is 0.348 e. The molecule has 3 rings (SSSR count). The van der Waals surface area contributed by atoms with Crippen molar-refractivity contribution in [2.24, 2.45) is 0 Å². The van der Waals surface area contributed by atoms with Gasteiger partial charge in [-0.2, -0.15) is 0 Å². The van der Waals surface area contributed by atoms with Crippen LogP contribution in [-0.2, 0) is 6.54 Å². The van der Waals surface area contributed by atoms with E-state index in [0.29, 0.717) is 12.6 Å². The summed E-state index contributed by atoms with van der Waals surface area (Å²) >= 11 is 0. The topological polar surface area (TPSA) is 34.0 Å². The molecule has 1 aromatic heterocycles. The van der Waals surface area contributed by atoms with E-state index in [-0.39, 0.29) is 5.91 Å². The third kappa shape index (κ3) is 2.87. The number of carbonyl (C=O) groups is 1. The molecule has 1 aliphatic carbocycles. The first-order valence-electron chi connectivity index (χ1n) is 7.79. The summed E-state index contributed by atoms with van der Waals surface area (Å²) < 4.78 is 2.04. The van der Waals surface area contributed by atoms with E-state index in [1.807, 2.05) is 34.9 Å². The number of rotatable bonds is 4. The summed E-state index contributed by atoms with van der Waals surface area (Å²) in [5.41, 5.74) is 1.83. The smallest absolute Gasteiger partial charge is 0.268 e. The van der Waals surface area contributed by atoms with Crippen molar-refractivity contribution in [1.82, 2.24) is 9.88 Å². The maximum absolute atomic E-state index is 12.6. The van der Waals surface area contributed by atoms with Crippen molar-refractivity contribution in [2.45, 2.75) is 44.7 Å². The maximum Gasteiger partial charge on any atom is 0.268 e. The molecule has 110 valence electrons. The Morgan fingerprint density at radius 2 is 2.05 bits per heavy atom. The van der Waals surface area contributed by atoms with Gasteiger partial charge < -0.3 is 9.88 Å². The Morgan fingerprint density at radius 1 is 1.29 bits per heavy atom. The summed E-state index contributed by atoms with van der Waals surface area (Å²) in [5, 5.41) is 4.31. The van der Waals surface area contributed by atoms with Crippen molar-refractivity contribution < 1.29 is 4.79 Å². The second kappa shape index (κ2) is 6.17. The molecule has 3 nitrogen and oxygen atoms in total. The quantitative estimate of drug-likeness (QED) is 0.848. The average molecular weight is 282 g/mol. The summed E-state index contributed by atoms with van der Waals surface area (Å²) in [6.45, 7) is 4.46. The minimum atomic E-state index is 0.0416. The molecule has 21 heavy (non-hydrogen) atoms. The fraction of sp³-hybridized carbons (Fsp3) is 0.389. The maximum atomic E-state index is 12.6. The number of allylic oxidation sites excluding steroid dienone is 1. The zero-order valence-electron chi connectivity index (χ0n) is 12.3. The summed E-state index contributed by atoms with van der Waals surface area (Å²) in [7, 11) is 0. The predicted molar refractivity (Wildman–Crippen MR) is 86.5 cm³/mol. The highest BCUT2D eigenvalue weighted by Crippen LogP contribution is 2.22. The highest BCUT2D eigenvalue weighted by atomic mass is 16.2. The third-order valence-electron chi connectivity index (χ3n) is 4.30. The number of nitrogens with zero attached hydrogens (tertiary/aromatic N) is 1. The summed E-state index contributed by atoms with van der Waals surface area (Å²) in [4.78, 5) is 12.6. The lowest BCUT2D eigenvalue weighted by Crippen LogP contribution is -2.37. The molecule has 0 unspecified atom stereocenters. The van der Waals surface area contributed by atoms with E-state index in [1.165, 1.54) is 19.3 Å². The van der Waals surface area contributed by atoms with Gasteiger partial charge in [0.1, 0.15) is 5.69 Å². The molecule has 1 amide bonds. The molecule has 0 bridgehead atoms. The van der Waals surface area contributed by atoms with Crippen molar-refractivity contribution in [3.05, 3.63) is 48.7 Å². The number of fused-ring (bicyclic) bond motifs is 1. The van der Waals surface area contributed by atoms with Gasteiger partial charge in [-0.15, -0.1) is 6.58 Å². The minimum absolute atomic E-state index is 0.0416. The van der Waals surface area contributed by atoms with Crippen molar-refractivity contribution in [3.8, 4) is 0 Å². The number of benzene rings is 1. The van der Waals surface area contributed by atoms with E-state index in [1.54, 1.807) is 0 Å². The monoisotopic (exact) mass is 282 g/mol. The van der Waals surface area contributed by atoms with Gasteiger partial charge in [-0.1, -0.05) is 43.5 Å². The number of aromatic nitrogens is 1. The summed E-state index contributed by atoms with van der Waals surface area (Å²) in [6.07, 6.45) is 7.79. The summed E-state index contributed by atoms with van der Waals surface area (Å²) in [5.74, 6) is 0.0416. The van der Waals surface area contributed by atoms with Crippen LogP contribution in [0.3, 0.4) is 0 Å². The van der Waals surface area contributed by atoms with E-state index in [4.69, 9.17) is 0 Å². The molecule has 0 saturated heterocycles. The van der Waals surface area contributed by atoms with Crippen molar-refractivity contribution in [1.29, 1.82) is 0 Å². The molecule has 2 aromatic rings. The lowest BCUT2D eigenvalue weighted by Gasteiger charge is -2.23. The van der Waals surface area contributed by atoms with E-state index in [2.05, 4.69) is 18.0 Å². The van der Waals surface area contributed by atoms with Gasteiger partial charge in [-0.05, 0) is 25.0 Å². The van der Waals surface area contributed by atoms with Gasteiger partial charge in [0.2, 0.25) is 0 Å². The lowest BCUT2D eigenvalue weighted by molar-refractivity contribution is 0.0919. The first-order chi connectivity index (χ1) is 10.3. The molecule has 0 radical (unpaired) electrons. The van der Waals surface area contributed by atoms with Crippen LogP contribution in [-0.4, -0.2) is 16.5 Å². The molecule has 1 aromatic carbocycles. The Morgan fingerprint density at radius 3 is 2.81 bits per heavy atom. The number of para-hydroxylation sites is 1. The molecule has 1 heterocycles. The second-order valence-electron chi connectivity index (χ2n) is 5.80. The Hall–Kier alpha value is -2.03. The lowest BCUT2D eigenvalue weighted by atomic mass is 9.95. The zero-order valence-corrected chi connectivity index (χ0v) is 12.3. The van der Waals surface area contributed by atoms with E-state index in [9.17, 15) is 4.79 Å². The fourth-order valence-electron chi connectivity index (χ4n) is 3.23. The van der Waals surface area contributed by atoms with Gasteiger partial charge in [0.25, 0.3) is 5.91 Å². The SMILES string of the molecule is C=CCn1c(C(=O)NC2CCCCC2)cc2ccccc21. The first-order valence-corrected chi connectivity index (χ1v) is 7.79. The molecule has 0 spiro atoms.